The quantitative estimate of drug-likeness (QED) is 0.835. The van der Waals surface area contributed by atoms with Crippen LogP contribution >= 0.6 is 0 Å². The van der Waals surface area contributed by atoms with E-state index in [2.05, 4.69) is 5.10 Å². The first-order valence-corrected chi connectivity index (χ1v) is 8.38. The molecule has 0 spiro atoms. The van der Waals surface area contributed by atoms with Gasteiger partial charge in [0.2, 0.25) is 0 Å². The Morgan fingerprint density at radius 2 is 1.92 bits per heavy atom. The lowest BCUT2D eigenvalue weighted by molar-refractivity contribution is -0.137. The summed E-state index contributed by atoms with van der Waals surface area (Å²) >= 11 is 0. The van der Waals surface area contributed by atoms with E-state index < -0.39 is 11.7 Å². The van der Waals surface area contributed by atoms with Gasteiger partial charge >= 0.3 is 6.18 Å². The van der Waals surface area contributed by atoms with Gasteiger partial charge in [0.25, 0.3) is 5.91 Å². The van der Waals surface area contributed by atoms with Crippen LogP contribution in [0.25, 0.3) is 0 Å². The van der Waals surface area contributed by atoms with Crippen molar-refractivity contribution in [1.29, 1.82) is 0 Å². The number of likely N-dealkylation sites (tertiary alicyclic amines) is 1. The monoisotopic (exact) mass is 367 g/mol. The number of aromatic nitrogens is 2. The van der Waals surface area contributed by atoms with E-state index in [9.17, 15) is 18.0 Å². The van der Waals surface area contributed by atoms with Crippen molar-refractivity contribution < 1.29 is 22.7 Å². The number of benzene rings is 1. The van der Waals surface area contributed by atoms with Crippen LogP contribution in [0.3, 0.4) is 0 Å². The van der Waals surface area contributed by atoms with Crippen molar-refractivity contribution in [2.45, 2.75) is 32.0 Å². The molecule has 2 heterocycles. The third kappa shape index (κ3) is 4.00. The van der Waals surface area contributed by atoms with E-state index in [4.69, 9.17) is 4.74 Å². The molecule has 5 nitrogen and oxygen atoms in total. The largest absolute Gasteiger partial charge is 0.490 e. The topological polar surface area (TPSA) is 47.4 Å². The molecule has 1 aliphatic rings. The fraction of sp³-hybridized carbons (Fsp3) is 0.444. The lowest BCUT2D eigenvalue weighted by Gasteiger charge is -2.32. The third-order valence-corrected chi connectivity index (χ3v) is 4.41. The highest BCUT2D eigenvalue weighted by Crippen LogP contribution is 2.32. The molecule has 1 saturated heterocycles. The van der Waals surface area contributed by atoms with E-state index >= 15 is 0 Å². The standard InChI is InChI=1S/C18H20F3N3O2/c1-12-10-16(23(2)22-12)17(25)24-8-6-14(7-9-24)26-15-5-3-4-13(11-15)18(19,20)21/h3-5,10-11,14H,6-9H2,1-2H3. The Kier molecular flexibility index (Phi) is 4.93. The number of nitrogens with zero attached hydrogens (tertiary/aromatic N) is 3. The van der Waals surface area contributed by atoms with Crippen LogP contribution in [0.15, 0.2) is 30.3 Å². The maximum absolute atomic E-state index is 12.8. The van der Waals surface area contributed by atoms with Crippen LogP contribution in [0.5, 0.6) is 5.75 Å². The van der Waals surface area contributed by atoms with Crippen LogP contribution in [0, 0.1) is 6.92 Å². The molecule has 0 atom stereocenters. The predicted molar refractivity (Wildman–Crippen MR) is 88.9 cm³/mol. The smallest absolute Gasteiger partial charge is 0.416 e. The van der Waals surface area contributed by atoms with E-state index in [1.807, 2.05) is 6.92 Å². The zero-order valence-electron chi connectivity index (χ0n) is 14.6. The normalized spacial score (nSPS) is 16.0. The van der Waals surface area contributed by atoms with E-state index in [-0.39, 0.29) is 17.8 Å². The molecule has 1 aromatic heterocycles. The molecule has 140 valence electrons. The summed E-state index contributed by atoms with van der Waals surface area (Å²) in [5.74, 6) is 0.109. The Morgan fingerprint density at radius 3 is 2.50 bits per heavy atom. The Labute approximate surface area is 149 Å². The highest BCUT2D eigenvalue weighted by Gasteiger charge is 2.31. The van der Waals surface area contributed by atoms with E-state index in [0.717, 1.165) is 17.8 Å². The van der Waals surface area contributed by atoms with Crippen molar-refractivity contribution in [1.82, 2.24) is 14.7 Å². The molecule has 0 bridgehead atoms. The molecule has 0 radical (unpaired) electrons. The first kappa shape index (κ1) is 18.3. The van der Waals surface area contributed by atoms with Crippen molar-refractivity contribution >= 4 is 5.91 Å². The van der Waals surface area contributed by atoms with Gasteiger partial charge in [0.1, 0.15) is 17.5 Å². The Hall–Kier alpha value is -2.51. The number of carbonyl (C=O) groups is 1. The number of halogens is 3. The molecule has 1 aliphatic heterocycles. The molecule has 0 saturated carbocycles. The Balaban J connectivity index is 1.59. The summed E-state index contributed by atoms with van der Waals surface area (Å²) < 4.78 is 45.6. The van der Waals surface area contributed by atoms with Crippen molar-refractivity contribution in [2.24, 2.45) is 7.05 Å². The lowest BCUT2D eigenvalue weighted by atomic mass is 10.1. The van der Waals surface area contributed by atoms with Gasteiger partial charge in [0.15, 0.2) is 0 Å². The summed E-state index contributed by atoms with van der Waals surface area (Å²) in [7, 11) is 1.73. The molecule has 0 aliphatic carbocycles. The number of rotatable bonds is 3. The maximum Gasteiger partial charge on any atom is 0.416 e. The van der Waals surface area contributed by atoms with Gasteiger partial charge in [-0.15, -0.1) is 0 Å². The molecule has 1 fully saturated rings. The van der Waals surface area contributed by atoms with Crippen LogP contribution in [0.4, 0.5) is 13.2 Å². The maximum atomic E-state index is 12.8. The summed E-state index contributed by atoms with van der Waals surface area (Å²) in [5, 5.41) is 4.18. The first-order chi connectivity index (χ1) is 12.2. The SMILES string of the molecule is Cc1cc(C(=O)N2CCC(Oc3cccc(C(F)(F)F)c3)CC2)n(C)n1. The van der Waals surface area contributed by atoms with E-state index in [1.54, 1.807) is 22.7 Å². The number of aryl methyl sites for hydroxylation is 2. The summed E-state index contributed by atoms with van der Waals surface area (Å²) in [6.45, 7) is 2.81. The van der Waals surface area contributed by atoms with Crippen molar-refractivity contribution in [3.05, 3.63) is 47.3 Å². The highest BCUT2D eigenvalue weighted by molar-refractivity contribution is 5.92. The summed E-state index contributed by atoms with van der Waals surface area (Å²) in [5.41, 5.74) is 0.576. The van der Waals surface area contributed by atoms with Crippen LogP contribution < -0.4 is 4.74 Å². The van der Waals surface area contributed by atoms with Gasteiger partial charge in [0.05, 0.1) is 11.3 Å². The molecule has 26 heavy (non-hydrogen) atoms. The first-order valence-electron chi connectivity index (χ1n) is 8.38. The zero-order chi connectivity index (χ0) is 18.9. The van der Waals surface area contributed by atoms with Gasteiger partial charge in [-0.1, -0.05) is 6.07 Å². The minimum absolute atomic E-state index is 0.0920. The third-order valence-electron chi connectivity index (χ3n) is 4.41. The molecule has 2 aromatic rings. The number of ether oxygens (including phenoxy) is 1. The van der Waals surface area contributed by atoms with Crippen LogP contribution in [-0.2, 0) is 13.2 Å². The van der Waals surface area contributed by atoms with E-state index in [0.29, 0.717) is 31.6 Å². The van der Waals surface area contributed by atoms with Crippen LogP contribution in [-0.4, -0.2) is 39.8 Å². The van der Waals surface area contributed by atoms with Crippen LogP contribution in [0.1, 0.15) is 34.6 Å². The molecule has 8 heteroatoms. The van der Waals surface area contributed by atoms with E-state index in [1.165, 1.54) is 12.1 Å². The van der Waals surface area contributed by atoms with Gasteiger partial charge in [0, 0.05) is 33.0 Å². The van der Waals surface area contributed by atoms with Crippen molar-refractivity contribution in [3.63, 3.8) is 0 Å². The van der Waals surface area contributed by atoms with Gasteiger partial charge in [-0.3, -0.25) is 9.48 Å². The number of piperidine rings is 1. The molecular weight excluding hydrogens is 347 g/mol. The van der Waals surface area contributed by atoms with Gasteiger partial charge in [-0.05, 0) is 31.2 Å². The van der Waals surface area contributed by atoms with Gasteiger partial charge in [-0.25, -0.2) is 0 Å². The summed E-state index contributed by atoms with van der Waals surface area (Å²) in [6.07, 6.45) is -3.47. The summed E-state index contributed by atoms with van der Waals surface area (Å²) in [6, 6.07) is 6.63. The second-order valence-corrected chi connectivity index (χ2v) is 6.43. The molecular formula is C18H20F3N3O2. The second-order valence-electron chi connectivity index (χ2n) is 6.43. The van der Waals surface area contributed by atoms with Gasteiger partial charge < -0.3 is 9.64 Å². The molecule has 0 unspecified atom stereocenters. The minimum Gasteiger partial charge on any atom is -0.490 e. The van der Waals surface area contributed by atoms with Crippen molar-refractivity contribution in [3.8, 4) is 5.75 Å². The van der Waals surface area contributed by atoms with Crippen molar-refractivity contribution in [2.75, 3.05) is 13.1 Å². The van der Waals surface area contributed by atoms with Gasteiger partial charge in [-0.2, -0.15) is 18.3 Å². The fourth-order valence-electron chi connectivity index (χ4n) is 3.09. The highest BCUT2D eigenvalue weighted by atomic mass is 19.4. The number of alkyl halides is 3. The number of carbonyl (C=O) groups excluding carboxylic acids is 1. The van der Waals surface area contributed by atoms with Crippen LogP contribution in [0.2, 0.25) is 0 Å². The fourth-order valence-corrected chi connectivity index (χ4v) is 3.09. The molecule has 1 aromatic carbocycles. The number of hydrogen-bond acceptors (Lipinski definition) is 3. The predicted octanol–water partition coefficient (Wildman–Crippen LogP) is 3.43. The zero-order valence-corrected chi connectivity index (χ0v) is 14.6. The molecule has 0 N–H and O–H groups in total. The average Bonchev–Trinajstić information content (AvgIpc) is 2.93. The minimum atomic E-state index is -4.39. The molecule has 3 rings (SSSR count). The Morgan fingerprint density at radius 1 is 1.23 bits per heavy atom. The average molecular weight is 367 g/mol. The second kappa shape index (κ2) is 7.01. The molecule has 1 amide bonds. The Bertz CT molecular complexity index is 793. The lowest BCUT2D eigenvalue weighted by Crippen LogP contribution is -2.42. The summed E-state index contributed by atoms with van der Waals surface area (Å²) in [4.78, 5) is 14.3. The number of hydrogen-bond donors (Lipinski definition) is 0. The number of amides is 1.